The molecule has 0 saturated heterocycles. The second-order valence-corrected chi connectivity index (χ2v) is 4.56. The van der Waals surface area contributed by atoms with Gasteiger partial charge in [-0.05, 0) is 32.9 Å². The van der Waals surface area contributed by atoms with Gasteiger partial charge in [0.15, 0.2) is 0 Å². The van der Waals surface area contributed by atoms with Gasteiger partial charge in [0.05, 0.1) is 17.4 Å². The van der Waals surface area contributed by atoms with E-state index in [0.717, 1.165) is 11.3 Å². The molecule has 0 aromatic carbocycles. The molecule has 0 aliphatic heterocycles. The molecule has 0 aliphatic carbocycles. The van der Waals surface area contributed by atoms with E-state index < -0.39 is 0 Å². The third-order valence-corrected chi connectivity index (χ3v) is 2.23. The van der Waals surface area contributed by atoms with Crippen molar-refractivity contribution in [2.75, 3.05) is 0 Å². The van der Waals surface area contributed by atoms with Crippen molar-refractivity contribution in [3.63, 3.8) is 0 Å². The molecule has 0 radical (unpaired) electrons. The Bertz CT molecular complexity index is 437. The standard InChI is InChI=1S/C12H15N3/c1-12(2,3)15-9-10(8-14-15)11-6-4-5-7-13-11/h4-9H,1-3H3. The van der Waals surface area contributed by atoms with Crippen LogP contribution in [0.4, 0.5) is 0 Å². The minimum Gasteiger partial charge on any atom is -0.267 e. The number of hydrogen-bond acceptors (Lipinski definition) is 2. The molecule has 0 bridgehead atoms. The van der Waals surface area contributed by atoms with Crippen molar-refractivity contribution in [3.05, 3.63) is 36.8 Å². The van der Waals surface area contributed by atoms with Crippen LogP contribution in [-0.2, 0) is 5.54 Å². The third kappa shape index (κ3) is 2.06. The molecule has 15 heavy (non-hydrogen) atoms. The van der Waals surface area contributed by atoms with E-state index in [0.29, 0.717) is 0 Å². The highest BCUT2D eigenvalue weighted by Crippen LogP contribution is 2.19. The van der Waals surface area contributed by atoms with Crippen molar-refractivity contribution in [1.82, 2.24) is 14.8 Å². The lowest BCUT2D eigenvalue weighted by Gasteiger charge is -2.18. The molecule has 0 saturated carbocycles. The van der Waals surface area contributed by atoms with E-state index in [9.17, 15) is 0 Å². The molecule has 2 heterocycles. The summed E-state index contributed by atoms with van der Waals surface area (Å²) in [5.74, 6) is 0. The highest BCUT2D eigenvalue weighted by molar-refractivity contribution is 5.56. The van der Waals surface area contributed by atoms with E-state index in [-0.39, 0.29) is 5.54 Å². The molecule has 3 heteroatoms. The van der Waals surface area contributed by atoms with Gasteiger partial charge in [-0.3, -0.25) is 9.67 Å². The highest BCUT2D eigenvalue weighted by atomic mass is 15.3. The van der Waals surface area contributed by atoms with Crippen molar-refractivity contribution in [2.24, 2.45) is 0 Å². The Morgan fingerprint density at radius 2 is 2.00 bits per heavy atom. The van der Waals surface area contributed by atoms with Crippen LogP contribution in [0.1, 0.15) is 20.8 Å². The molecular weight excluding hydrogens is 186 g/mol. The van der Waals surface area contributed by atoms with Gasteiger partial charge in [0, 0.05) is 18.0 Å². The summed E-state index contributed by atoms with van der Waals surface area (Å²) in [7, 11) is 0. The summed E-state index contributed by atoms with van der Waals surface area (Å²) in [6, 6.07) is 5.89. The van der Waals surface area contributed by atoms with E-state index in [1.807, 2.05) is 35.3 Å². The topological polar surface area (TPSA) is 30.7 Å². The van der Waals surface area contributed by atoms with Crippen LogP contribution in [0.15, 0.2) is 36.8 Å². The van der Waals surface area contributed by atoms with Crippen molar-refractivity contribution < 1.29 is 0 Å². The van der Waals surface area contributed by atoms with E-state index >= 15 is 0 Å². The fourth-order valence-electron chi connectivity index (χ4n) is 1.36. The predicted octanol–water partition coefficient (Wildman–Crippen LogP) is 2.70. The van der Waals surface area contributed by atoms with Crippen LogP contribution in [0.3, 0.4) is 0 Å². The van der Waals surface area contributed by atoms with Crippen molar-refractivity contribution in [3.8, 4) is 11.3 Å². The molecule has 0 unspecified atom stereocenters. The first-order chi connectivity index (χ1) is 7.07. The minimum absolute atomic E-state index is 0.0209. The minimum atomic E-state index is 0.0209. The molecule has 0 fully saturated rings. The lowest BCUT2D eigenvalue weighted by molar-refractivity contribution is 0.355. The maximum Gasteiger partial charge on any atom is 0.0733 e. The van der Waals surface area contributed by atoms with Gasteiger partial charge in [0.25, 0.3) is 0 Å². The monoisotopic (exact) mass is 201 g/mol. The van der Waals surface area contributed by atoms with Gasteiger partial charge >= 0.3 is 0 Å². The Hall–Kier alpha value is -1.64. The van der Waals surface area contributed by atoms with Crippen LogP contribution in [0.5, 0.6) is 0 Å². The van der Waals surface area contributed by atoms with E-state index in [1.165, 1.54) is 0 Å². The van der Waals surface area contributed by atoms with Gasteiger partial charge in [-0.25, -0.2) is 0 Å². The van der Waals surface area contributed by atoms with Crippen molar-refractivity contribution in [1.29, 1.82) is 0 Å². The number of hydrogen-bond donors (Lipinski definition) is 0. The molecular formula is C12H15N3. The molecule has 0 spiro atoms. The molecule has 0 N–H and O–H groups in total. The smallest absolute Gasteiger partial charge is 0.0733 e. The maximum atomic E-state index is 4.34. The molecule has 0 aliphatic rings. The second kappa shape index (κ2) is 3.50. The zero-order valence-electron chi connectivity index (χ0n) is 9.31. The number of nitrogens with zero attached hydrogens (tertiary/aromatic N) is 3. The average Bonchev–Trinajstić information content (AvgIpc) is 2.67. The summed E-state index contributed by atoms with van der Waals surface area (Å²) in [5.41, 5.74) is 2.05. The Labute approximate surface area is 89.8 Å². The SMILES string of the molecule is CC(C)(C)n1cc(-c2ccccn2)cn1. The van der Waals surface area contributed by atoms with Gasteiger partial charge < -0.3 is 0 Å². The molecule has 2 rings (SSSR count). The molecule has 0 atom stereocenters. The number of pyridine rings is 1. The van der Waals surface area contributed by atoms with Crippen LogP contribution in [0.25, 0.3) is 11.3 Å². The van der Waals surface area contributed by atoms with Crippen LogP contribution in [0, 0.1) is 0 Å². The molecule has 2 aromatic rings. The molecule has 2 aromatic heterocycles. The average molecular weight is 201 g/mol. The molecule has 3 nitrogen and oxygen atoms in total. The number of aromatic nitrogens is 3. The molecule has 78 valence electrons. The van der Waals surface area contributed by atoms with Crippen LogP contribution in [0.2, 0.25) is 0 Å². The Morgan fingerprint density at radius 1 is 1.20 bits per heavy atom. The quantitative estimate of drug-likeness (QED) is 0.710. The number of rotatable bonds is 1. The van der Waals surface area contributed by atoms with Gasteiger partial charge in [0.1, 0.15) is 0 Å². The first-order valence-corrected chi connectivity index (χ1v) is 5.04. The lowest BCUT2D eigenvalue weighted by atomic mass is 10.1. The largest absolute Gasteiger partial charge is 0.267 e. The highest BCUT2D eigenvalue weighted by Gasteiger charge is 2.14. The normalized spacial score (nSPS) is 11.7. The van der Waals surface area contributed by atoms with Gasteiger partial charge in [0.2, 0.25) is 0 Å². The van der Waals surface area contributed by atoms with Crippen LogP contribution >= 0.6 is 0 Å². The van der Waals surface area contributed by atoms with Gasteiger partial charge in [-0.2, -0.15) is 5.10 Å². The summed E-state index contributed by atoms with van der Waals surface area (Å²) >= 11 is 0. The van der Waals surface area contributed by atoms with Gasteiger partial charge in [-0.1, -0.05) is 6.07 Å². The summed E-state index contributed by atoms with van der Waals surface area (Å²) in [6.45, 7) is 6.38. The molecule has 0 amide bonds. The Kier molecular flexibility index (Phi) is 2.31. The summed E-state index contributed by atoms with van der Waals surface area (Å²) in [6.07, 6.45) is 5.68. The summed E-state index contributed by atoms with van der Waals surface area (Å²) < 4.78 is 1.96. The predicted molar refractivity (Wildman–Crippen MR) is 60.5 cm³/mol. The third-order valence-electron chi connectivity index (χ3n) is 2.23. The zero-order chi connectivity index (χ0) is 10.9. The fraction of sp³-hybridized carbons (Fsp3) is 0.333. The Balaban J connectivity index is 2.37. The van der Waals surface area contributed by atoms with E-state index in [1.54, 1.807) is 6.20 Å². The maximum absolute atomic E-state index is 4.34. The zero-order valence-corrected chi connectivity index (χ0v) is 9.31. The fourth-order valence-corrected chi connectivity index (χ4v) is 1.36. The summed E-state index contributed by atoms with van der Waals surface area (Å²) in [5, 5.41) is 4.34. The van der Waals surface area contributed by atoms with Crippen LogP contribution in [-0.4, -0.2) is 14.8 Å². The van der Waals surface area contributed by atoms with Crippen LogP contribution < -0.4 is 0 Å². The first-order valence-electron chi connectivity index (χ1n) is 5.04. The Morgan fingerprint density at radius 3 is 2.53 bits per heavy atom. The van der Waals surface area contributed by atoms with E-state index in [4.69, 9.17) is 0 Å². The van der Waals surface area contributed by atoms with Crippen molar-refractivity contribution in [2.45, 2.75) is 26.3 Å². The second-order valence-electron chi connectivity index (χ2n) is 4.56. The lowest BCUT2D eigenvalue weighted by Crippen LogP contribution is -2.21. The summed E-state index contributed by atoms with van der Waals surface area (Å²) in [4.78, 5) is 4.29. The van der Waals surface area contributed by atoms with Crippen molar-refractivity contribution >= 4 is 0 Å². The van der Waals surface area contributed by atoms with Gasteiger partial charge in [-0.15, -0.1) is 0 Å². The first kappa shape index (κ1) is 9.90. The van der Waals surface area contributed by atoms with E-state index in [2.05, 4.69) is 30.9 Å².